The van der Waals surface area contributed by atoms with E-state index in [2.05, 4.69) is 11.1 Å². The van der Waals surface area contributed by atoms with Gasteiger partial charge in [0.05, 0.1) is 5.69 Å². The summed E-state index contributed by atoms with van der Waals surface area (Å²) in [6.45, 7) is 3.93. The summed E-state index contributed by atoms with van der Waals surface area (Å²) in [6, 6.07) is 11.6. The summed E-state index contributed by atoms with van der Waals surface area (Å²) in [4.78, 5) is 4.23. The van der Waals surface area contributed by atoms with Crippen LogP contribution < -0.4 is 0 Å². The molecule has 0 amide bonds. The van der Waals surface area contributed by atoms with E-state index in [-0.39, 0.29) is 5.92 Å². The average molecular weight is 172 g/mol. The van der Waals surface area contributed by atoms with Crippen molar-refractivity contribution in [1.29, 1.82) is 5.26 Å². The maximum atomic E-state index is 8.78. The standard InChI is InChI=1S/C11H12N2/c1-9(2)11(8-12)13-10-6-4-3-5-7-10/h3-7,9H,1-2H3. The highest BCUT2D eigenvalue weighted by atomic mass is 14.7. The number of aliphatic imine (C=N–C) groups is 1. The molecule has 0 N–H and O–H groups in total. The minimum atomic E-state index is 0.185. The summed E-state index contributed by atoms with van der Waals surface area (Å²) >= 11 is 0. The minimum Gasteiger partial charge on any atom is -0.242 e. The fourth-order valence-corrected chi connectivity index (χ4v) is 0.925. The van der Waals surface area contributed by atoms with Gasteiger partial charge >= 0.3 is 0 Å². The van der Waals surface area contributed by atoms with Gasteiger partial charge in [-0.2, -0.15) is 5.26 Å². The van der Waals surface area contributed by atoms with E-state index < -0.39 is 0 Å². The molecule has 66 valence electrons. The van der Waals surface area contributed by atoms with Gasteiger partial charge in [0.1, 0.15) is 11.8 Å². The molecule has 0 aliphatic heterocycles. The molecule has 2 heteroatoms. The van der Waals surface area contributed by atoms with E-state index in [1.54, 1.807) is 0 Å². The molecule has 0 fully saturated rings. The van der Waals surface area contributed by atoms with Crippen LogP contribution in [0.5, 0.6) is 0 Å². The molecule has 2 nitrogen and oxygen atoms in total. The first-order chi connectivity index (χ1) is 6.24. The number of benzene rings is 1. The van der Waals surface area contributed by atoms with E-state index in [9.17, 15) is 0 Å². The highest BCUT2D eigenvalue weighted by Gasteiger charge is 2.02. The Morgan fingerprint density at radius 3 is 2.38 bits per heavy atom. The monoisotopic (exact) mass is 172 g/mol. The van der Waals surface area contributed by atoms with Gasteiger partial charge in [-0.1, -0.05) is 32.0 Å². The molecule has 0 heterocycles. The van der Waals surface area contributed by atoms with Crippen molar-refractivity contribution in [3.8, 4) is 6.07 Å². The highest BCUT2D eigenvalue weighted by molar-refractivity contribution is 6.01. The second-order valence-electron chi connectivity index (χ2n) is 3.10. The van der Waals surface area contributed by atoms with Crippen LogP contribution in [-0.2, 0) is 0 Å². The van der Waals surface area contributed by atoms with E-state index >= 15 is 0 Å². The lowest BCUT2D eigenvalue weighted by atomic mass is 10.1. The Morgan fingerprint density at radius 2 is 1.92 bits per heavy atom. The van der Waals surface area contributed by atoms with E-state index in [1.165, 1.54) is 0 Å². The third-order valence-corrected chi connectivity index (χ3v) is 1.67. The van der Waals surface area contributed by atoms with Crippen LogP contribution in [0.1, 0.15) is 13.8 Å². The first kappa shape index (κ1) is 9.47. The van der Waals surface area contributed by atoms with Gasteiger partial charge in [0.2, 0.25) is 0 Å². The Bertz CT molecular complexity index is 331. The number of hydrogen-bond donors (Lipinski definition) is 0. The van der Waals surface area contributed by atoms with Crippen molar-refractivity contribution >= 4 is 11.4 Å². The summed E-state index contributed by atoms with van der Waals surface area (Å²) in [7, 11) is 0. The predicted molar refractivity (Wildman–Crippen MR) is 54.0 cm³/mol. The summed E-state index contributed by atoms with van der Waals surface area (Å²) in [5, 5.41) is 8.78. The van der Waals surface area contributed by atoms with Gasteiger partial charge in [-0.15, -0.1) is 0 Å². The highest BCUT2D eigenvalue weighted by Crippen LogP contribution is 2.12. The maximum Gasteiger partial charge on any atom is 0.120 e. The molecule has 0 aromatic heterocycles. The normalized spacial score (nSPS) is 11.4. The SMILES string of the molecule is CC(C)C(C#N)=Nc1ccccc1. The lowest BCUT2D eigenvalue weighted by Gasteiger charge is -2.00. The zero-order chi connectivity index (χ0) is 9.68. The molecule has 1 aromatic carbocycles. The minimum absolute atomic E-state index is 0.185. The van der Waals surface area contributed by atoms with Crippen molar-refractivity contribution in [1.82, 2.24) is 0 Å². The molecule has 0 aliphatic carbocycles. The molecule has 0 atom stereocenters. The Kier molecular flexibility index (Phi) is 3.22. The van der Waals surface area contributed by atoms with Crippen molar-refractivity contribution in [3.63, 3.8) is 0 Å². The Hall–Kier alpha value is -1.62. The van der Waals surface area contributed by atoms with Crippen molar-refractivity contribution in [2.75, 3.05) is 0 Å². The molecule has 0 radical (unpaired) electrons. The number of rotatable bonds is 2. The summed E-state index contributed by atoms with van der Waals surface area (Å²) in [5.41, 5.74) is 1.42. The van der Waals surface area contributed by atoms with E-state index in [0.717, 1.165) is 5.69 Å². The van der Waals surface area contributed by atoms with Crippen molar-refractivity contribution in [3.05, 3.63) is 30.3 Å². The summed E-state index contributed by atoms with van der Waals surface area (Å²) in [6.07, 6.45) is 0. The molecule has 0 unspecified atom stereocenters. The second-order valence-corrected chi connectivity index (χ2v) is 3.10. The summed E-state index contributed by atoms with van der Waals surface area (Å²) < 4.78 is 0. The Morgan fingerprint density at radius 1 is 1.31 bits per heavy atom. The third kappa shape index (κ3) is 2.72. The quantitative estimate of drug-likeness (QED) is 0.632. The van der Waals surface area contributed by atoms with Crippen LogP contribution in [-0.4, -0.2) is 5.71 Å². The van der Waals surface area contributed by atoms with Gasteiger partial charge < -0.3 is 0 Å². The van der Waals surface area contributed by atoms with Crippen LogP contribution in [0, 0.1) is 17.2 Å². The van der Waals surface area contributed by atoms with Crippen LogP contribution in [0.2, 0.25) is 0 Å². The van der Waals surface area contributed by atoms with Crippen molar-refractivity contribution in [2.45, 2.75) is 13.8 Å². The summed E-state index contributed by atoms with van der Waals surface area (Å²) in [5.74, 6) is 0.185. The second kappa shape index (κ2) is 4.42. The first-order valence-corrected chi connectivity index (χ1v) is 4.27. The first-order valence-electron chi connectivity index (χ1n) is 4.27. The zero-order valence-electron chi connectivity index (χ0n) is 7.86. The number of para-hydroxylation sites is 1. The van der Waals surface area contributed by atoms with Crippen LogP contribution >= 0.6 is 0 Å². The van der Waals surface area contributed by atoms with Gasteiger partial charge in [-0.05, 0) is 12.1 Å². The van der Waals surface area contributed by atoms with Crippen LogP contribution in [0.3, 0.4) is 0 Å². The topological polar surface area (TPSA) is 36.1 Å². The zero-order valence-corrected chi connectivity index (χ0v) is 7.86. The fraction of sp³-hybridized carbons (Fsp3) is 0.273. The third-order valence-electron chi connectivity index (χ3n) is 1.67. The molecule has 0 bridgehead atoms. The van der Waals surface area contributed by atoms with Gasteiger partial charge in [0, 0.05) is 5.92 Å². The van der Waals surface area contributed by atoms with E-state index in [4.69, 9.17) is 5.26 Å². The molecule has 13 heavy (non-hydrogen) atoms. The Labute approximate surface area is 78.5 Å². The largest absolute Gasteiger partial charge is 0.242 e. The number of nitrogens with zero attached hydrogens (tertiary/aromatic N) is 2. The van der Waals surface area contributed by atoms with Crippen LogP contribution in [0.15, 0.2) is 35.3 Å². The van der Waals surface area contributed by atoms with Crippen LogP contribution in [0.4, 0.5) is 5.69 Å². The smallest absolute Gasteiger partial charge is 0.120 e. The molecular weight excluding hydrogens is 160 g/mol. The molecule has 1 rings (SSSR count). The van der Waals surface area contributed by atoms with Crippen molar-refractivity contribution < 1.29 is 0 Å². The van der Waals surface area contributed by atoms with Crippen molar-refractivity contribution in [2.24, 2.45) is 10.9 Å². The molecular formula is C11H12N2. The number of nitriles is 1. The van der Waals surface area contributed by atoms with Gasteiger partial charge in [-0.25, -0.2) is 4.99 Å². The lowest BCUT2D eigenvalue weighted by molar-refractivity contribution is 0.891. The molecule has 0 spiro atoms. The lowest BCUT2D eigenvalue weighted by Crippen LogP contribution is -2.03. The van der Waals surface area contributed by atoms with Gasteiger partial charge in [-0.3, -0.25) is 0 Å². The van der Waals surface area contributed by atoms with E-state index in [1.807, 2.05) is 44.2 Å². The average Bonchev–Trinajstić information content (AvgIpc) is 2.15. The molecule has 0 saturated carbocycles. The van der Waals surface area contributed by atoms with Gasteiger partial charge in [0.25, 0.3) is 0 Å². The maximum absolute atomic E-state index is 8.78. The van der Waals surface area contributed by atoms with Gasteiger partial charge in [0.15, 0.2) is 0 Å². The van der Waals surface area contributed by atoms with Crippen LogP contribution in [0.25, 0.3) is 0 Å². The molecule has 0 aliphatic rings. The molecule has 1 aromatic rings. The number of hydrogen-bond acceptors (Lipinski definition) is 2. The predicted octanol–water partition coefficient (Wildman–Crippen LogP) is 2.94. The molecule has 0 saturated heterocycles. The Balaban J connectivity index is 2.94. The fourth-order valence-electron chi connectivity index (χ4n) is 0.925. The van der Waals surface area contributed by atoms with E-state index in [0.29, 0.717) is 5.71 Å².